The minimum Gasteiger partial charge on any atom is -0.492 e. The standard InChI is InChI=1S/C33H33BrF3N5O4S/c34-27-17-28-26(16-30(27)44-13-4-14-47(43)20-25-10-9-24(45-25)19-41-11-1-2-12-41)31-29(42(28)22-7-8-22)18-38-40-32(31)39-21-5-3-6-23(15-21)46-33(35,36)37/h3,5-6,9-10,15-18,22H,1-2,4,7-8,11-14,19-20H2,(H,39,40). The van der Waals surface area contributed by atoms with E-state index in [0.717, 1.165) is 70.3 Å². The molecule has 248 valence electrons. The lowest BCUT2D eigenvalue weighted by Gasteiger charge is -2.12. The molecule has 14 heteroatoms. The van der Waals surface area contributed by atoms with E-state index < -0.39 is 17.2 Å². The van der Waals surface area contributed by atoms with Gasteiger partial charge in [-0.3, -0.25) is 9.11 Å². The van der Waals surface area contributed by atoms with Crippen molar-refractivity contribution < 1.29 is 31.3 Å². The van der Waals surface area contributed by atoms with Crippen molar-refractivity contribution in [3.05, 3.63) is 70.7 Å². The molecule has 1 saturated carbocycles. The van der Waals surface area contributed by atoms with Crippen molar-refractivity contribution in [3.63, 3.8) is 0 Å². The first-order valence-corrected chi connectivity index (χ1v) is 17.9. The van der Waals surface area contributed by atoms with Gasteiger partial charge in [0.2, 0.25) is 0 Å². The molecule has 9 nitrogen and oxygen atoms in total. The molecule has 5 aromatic rings. The molecule has 1 N–H and O–H groups in total. The molecule has 7 rings (SSSR count). The van der Waals surface area contributed by atoms with E-state index in [1.807, 2.05) is 24.3 Å². The molecule has 1 saturated heterocycles. The van der Waals surface area contributed by atoms with E-state index in [-0.39, 0.29) is 5.75 Å². The fourth-order valence-electron chi connectivity index (χ4n) is 6.11. The van der Waals surface area contributed by atoms with Crippen molar-refractivity contribution in [1.29, 1.82) is 0 Å². The van der Waals surface area contributed by atoms with Gasteiger partial charge >= 0.3 is 6.36 Å². The summed E-state index contributed by atoms with van der Waals surface area (Å²) in [5, 5.41) is 13.3. The van der Waals surface area contributed by atoms with Crippen LogP contribution in [-0.4, -0.2) is 55.7 Å². The van der Waals surface area contributed by atoms with Crippen molar-refractivity contribution >= 4 is 60.0 Å². The number of anilines is 2. The lowest BCUT2D eigenvalue weighted by molar-refractivity contribution is -0.274. The van der Waals surface area contributed by atoms with Gasteiger partial charge < -0.3 is 23.8 Å². The number of benzene rings is 2. The number of likely N-dealkylation sites (tertiary alicyclic amines) is 1. The summed E-state index contributed by atoms with van der Waals surface area (Å²) in [4.78, 5) is 2.37. The van der Waals surface area contributed by atoms with Crippen LogP contribution in [0.15, 0.2) is 63.6 Å². The lowest BCUT2D eigenvalue weighted by atomic mass is 10.2. The average Bonchev–Trinajstić information content (AvgIpc) is 3.38. The zero-order valence-electron chi connectivity index (χ0n) is 25.4. The van der Waals surface area contributed by atoms with Crippen LogP contribution >= 0.6 is 15.9 Å². The highest BCUT2D eigenvalue weighted by Gasteiger charge is 2.32. The van der Waals surface area contributed by atoms with E-state index in [0.29, 0.717) is 47.8 Å². The molecular weight excluding hydrogens is 699 g/mol. The van der Waals surface area contributed by atoms with E-state index in [4.69, 9.17) is 9.15 Å². The van der Waals surface area contributed by atoms with Crippen LogP contribution in [0.2, 0.25) is 0 Å². The molecule has 47 heavy (non-hydrogen) atoms. The second-order valence-electron chi connectivity index (χ2n) is 11.9. The van der Waals surface area contributed by atoms with Gasteiger partial charge in [-0.15, -0.1) is 18.3 Å². The molecule has 2 fully saturated rings. The fraction of sp³-hybridized carbons (Fsp3) is 0.394. The normalized spacial score (nSPS) is 16.3. The van der Waals surface area contributed by atoms with Crippen LogP contribution in [0, 0.1) is 0 Å². The van der Waals surface area contributed by atoms with Crippen molar-refractivity contribution in [1.82, 2.24) is 19.7 Å². The molecule has 0 radical (unpaired) electrons. The first-order chi connectivity index (χ1) is 22.7. The molecule has 0 amide bonds. The predicted molar refractivity (Wildman–Crippen MR) is 177 cm³/mol. The van der Waals surface area contributed by atoms with Gasteiger partial charge in [-0.05, 0) is 97.5 Å². The summed E-state index contributed by atoms with van der Waals surface area (Å²) in [6.45, 7) is 3.36. The topological polar surface area (TPSA) is 94.7 Å². The summed E-state index contributed by atoms with van der Waals surface area (Å²) in [6, 6.07) is 13.8. The fourth-order valence-corrected chi connectivity index (χ4v) is 7.61. The Morgan fingerprint density at radius 1 is 1.06 bits per heavy atom. The number of aromatic nitrogens is 3. The summed E-state index contributed by atoms with van der Waals surface area (Å²) < 4.78 is 70.5. The Kier molecular flexibility index (Phi) is 9.16. The number of rotatable bonds is 13. The molecule has 1 aliphatic heterocycles. The number of hydrogen-bond acceptors (Lipinski definition) is 8. The summed E-state index contributed by atoms with van der Waals surface area (Å²) in [5.74, 6) is 3.20. The number of furan rings is 1. The Morgan fingerprint density at radius 3 is 2.66 bits per heavy atom. The van der Waals surface area contributed by atoms with Gasteiger partial charge in [0.25, 0.3) is 0 Å². The van der Waals surface area contributed by atoms with Crippen molar-refractivity contribution in [2.75, 3.05) is 30.8 Å². The first-order valence-electron chi connectivity index (χ1n) is 15.6. The maximum atomic E-state index is 12.8. The second kappa shape index (κ2) is 13.5. The van der Waals surface area contributed by atoms with Crippen molar-refractivity contribution in [2.24, 2.45) is 0 Å². The maximum absolute atomic E-state index is 12.8. The molecule has 3 aromatic heterocycles. The number of hydrogen-bond donors (Lipinski definition) is 1. The lowest BCUT2D eigenvalue weighted by Crippen LogP contribution is -2.17. The van der Waals surface area contributed by atoms with E-state index >= 15 is 0 Å². The van der Waals surface area contributed by atoms with Gasteiger partial charge in [0.05, 0.1) is 46.0 Å². The van der Waals surface area contributed by atoms with E-state index in [1.54, 1.807) is 12.3 Å². The second-order valence-corrected chi connectivity index (χ2v) is 14.3. The minimum atomic E-state index is -4.80. The molecule has 1 aliphatic carbocycles. The summed E-state index contributed by atoms with van der Waals surface area (Å²) in [7, 11) is -1.09. The highest BCUT2D eigenvalue weighted by atomic mass is 79.9. The van der Waals surface area contributed by atoms with Crippen LogP contribution in [0.5, 0.6) is 11.5 Å². The zero-order chi connectivity index (χ0) is 32.5. The predicted octanol–water partition coefficient (Wildman–Crippen LogP) is 8.23. The Bertz CT molecular complexity index is 1920. The maximum Gasteiger partial charge on any atom is 0.573 e. The molecule has 0 bridgehead atoms. The van der Waals surface area contributed by atoms with Crippen molar-refractivity contribution in [2.45, 2.75) is 56.8 Å². The third kappa shape index (κ3) is 7.60. The molecule has 1 unspecified atom stereocenters. The number of halogens is 4. The Morgan fingerprint density at radius 2 is 1.87 bits per heavy atom. The Hall–Kier alpha value is -3.62. The molecule has 0 spiro atoms. The molecule has 2 aromatic carbocycles. The van der Waals surface area contributed by atoms with Gasteiger partial charge in [0, 0.05) is 39.7 Å². The first kappa shape index (κ1) is 32.0. The van der Waals surface area contributed by atoms with E-state index in [1.165, 1.54) is 31.0 Å². The van der Waals surface area contributed by atoms with Gasteiger partial charge in [0.15, 0.2) is 5.82 Å². The van der Waals surface area contributed by atoms with Gasteiger partial charge in [-0.25, -0.2) is 0 Å². The highest BCUT2D eigenvalue weighted by molar-refractivity contribution is 9.10. The Labute approximate surface area is 280 Å². The van der Waals surface area contributed by atoms with Crippen LogP contribution in [0.3, 0.4) is 0 Å². The third-order valence-electron chi connectivity index (χ3n) is 8.28. The van der Waals surface area contributed by atoms with Crippen LogP contribution in [-0.2, 0) is 23.1 Å². The van der Waals surface area contributed by atoms with Crippen LogP contribution in [0.25, 0.3) is 21.8 Å². The minimum absolute atomic E-state index is 0.315. The molecule has 4 heterocycles. The van der Waals surface area contributed by atoms with Gasteiger partial charge in [0.1, 0.15) is 23.0 Å². The number of alkyl halides is 3. The van der Waals surface area contributed by atoms with Crippen LogP contribution in [0.4, 0.5) is 24.7 Å². The van der Waals surface area contributed by atoms with Crippen LogP contribution < -0.4 is 14.8 Å². The number of nitrogens with one attached hydrogen (secondary N) is 1. The Balaban J connectivity index is 1.05. The SMILES string of the molecule is O=S(CCCOc1cc2c3c(Nc4cccc(OC(F)(F)F)c4)nncc3n(C3CC3)c2cc1Br)Cc1ccc(CN2CCCC2)o1. The average molecular weight is 733 g/mol. The number of nitrogens with zero attached hydrogens (tertiary/aromatic N) is 4. The number of ether oxygens (including phenoxy) is 2. The van der Waals surface area contributed by atoms with Crippen LogP contribution in [0.1, 0.15) is 49.7 Å². The van der Waals surface area contributed by atoms with E-state index in [9.17, 15) is 17.4 Å². The highest BCUT2D eigenvalue weighted by Crippen LogP contribution is 2.46. The molecule has 2 aliphatic rings. The van der Waals surface area contributed by atoms with Gasteiger partial charge in [-0.1, -0.05) is 6.07 Å². The summed E-state index contributed by atoms with van der Waals surface area (Å²) in [6.07, 6.45) is 2.02. The van der Waals surface area contributed by atoms with Gasteiger partial charge in [-0.2, -0.15) is 5.10 Å². The largest absolute Gasteiger partial charge is 0.573 e. The van der Waals surface area contributed by atoms with E-state index in [2.05, 4.69) is 45.6 Å². The number of fused-ring (bicyclic) bond motifs is 3. The summed E-state index contributed by atoms with van der Waals surface area (Å²) >= 11 is 3.67. The summed E-state index contributed by atoms with van der Waals surface area (Å²) in [5.41, 5.74) is 2.21. The third-order valence-corrected chi connectivity index (χ3v) is 10.3. The smallest absolute Gasteiger partial charge is 0.492 e. The quantitative estimate of drug-likeness (QED) is 0.121. The zero-order valence-corrected chi connectivity index (χ0v) is 27.8. The molecule has 1 atom stereocenters. The monoisotopic (exact) mass is 731 g/mol. The molecular formula is C33H33BrF3N5O4S. The van der Waals surface area contributed by atoms with Crippen molar-refractivity contribution in [3.8, 4) is 11.5 Å².